The highest BCUT2D eigenvalue weighted by atomic mass is 16.5. The summed E-state index contributed by atoms with van der Waals surface area (Å²) in [5.74, 6) is 1.68. The first kappa shape index (κ1) is 17.1. The lowest BCUT2D eigenvalue weighted by Gasteiger charge is -2.31. The van der Waals surface area contributed by atoms with E-state index >= 15 is 0 Å². The summed E-state index contributed by atoms with van der Waals surface area (Å²) in [6, 6.07) is 6.25. The van der Waals surface area contributed by atoms with Crippen LogP contribution < -0.4 is 14.8 Å². The molecule has 1 fully saturated rings. The monoisotopic (exact) mass is 307 g/mol. The van der Waals surface area contributed by atoms with Crippen molar-refractivity contribution in [3.8, 4) is 11.5 Å². The maximum absolute atomic E-state index is 10.7. The van der Waals surface area contributed by atoms with Gasteiger partial charge in [0, 0.05) is 6.04 Å². The standard InChI is InChI=1S/C18H29NO3/c1-18(20,13-15-6-4-5-11-19-15)10-9-14-12-16(21-2)7-8-17(14)22-3/h7-8,12,15,19-20H,4-6,9-11,13H2,1-3H3. The van der Waals surface area contributed by atoms with E-state index in [0.717, 1.165) is 36.4 Å². The molecule has 0 spiro atoms. The number of methoxy groups -OCH3 is 2. The van der Waals surface area contributed by atoms with Crippen LogP contribution in [0, 0.1) is 0 Å². The fourth-order valence-corrected chi connectivity index (χ4v) is 3.21. The van der Waals surface area contributed by atoms with Gasteiger partial charge in [0.1, 0.15) is 11.5 Å². The molecule has 2 unspecified atom stereocenters. The molecular formula is C18H29NO3. The topological polar surface area (TPSA) is 50.7 Å². The predicted molar refractivity (Wildman–Crippen MR) is 88.7 cm³/mol. The van der Waals surface area contributed by atoms with Crippen LogP contribution in [0.4, 0.5) is 0 Å². The maximum atomic E-state index is 10.7. The van der Waals surface area contributed by atoms with Crippen LogP contribution in [0.15, 0.2) is 18.2 Å². The van der Waals surface area contributed by atoms with Gasteiger partial charge in [-0.3, -0.25) is 0 Å². The molecule has 1 aromatic carbocycles. The Bertz CT molecular complexity index is 467. The molecule has 1 aromatic rings. The molecule has 1 aliphatic heterocycles. The smallest absolute Gasteiger partial charge is 0.122 e. The molecule has 1 heterocycles. The van der Waals surface area contributed by atoms with Crippen molar-refractivity contribution < 1.29 is 14.6 Å². The molecule has 0 radical (unpaired) electrons. The van der Waals surface area contributed by atoms with Crippen molar-refractivity contribution in [2.45, 2.75) is 57.1 Å². The Labute approximate surface area is 133 Å². The number of aryl methyl sites for hydroxylation is 1. The average Bonchev–Trinajstić information content (AvgIpc) is 2.53. The van der Waals surface area contributed by atoms with Crippen LogP contribution in [0.3, 0.4) is 0 Å². The normalized spacial score (nSPS) is 21.2. The van der Waals surface area contributed by atoms with Crippen LogP contribution in [0.25, 0.3) is 0 Å². The molecular weight excluding hydrogens is 278 g/mol. The zero-order chi connectivity index (χ0) is 16.0. The van der Waals surface area contributed by atoms with Gasteiger partial charge >= 0.3 is 0 Å². The van der Waals surface area contributed by atoms with Crippen LogP contribution in [-0.2, 0) is 6.42 Å². The van der Waals surface area contributed by atoms with Crippen LogP contribution in [-0.4, -0.2) is 37.5 Å². The number of aliphatic hydroxyl groups is 1. The highest BCUT2D eigenvalue weighted by molar-refractivity contribution is 5.40. The zero-order valence-electron chi connectivity index (χ0n) is 14.0. The lowest BCUT2D eigenvalue weighted by Crippen LogP contribution is -2.41. The van der Waals surface area contributed by atoms with E-state index in [2.05, 4.69) is 5.32 Å². The Hall–Kier alpha value is -1.26. The average molecular weight is 307 g/mol. The summed E-state index contributed by atoms with van der Waals surface area (Å²) in [5, 5.41) is 14.2. The van der Waals surface area contributed by atoms with Gasteiger partial charge in [0.25, 0.3) is 0 Å². The largest absolute Gasteiger partial charge is 0.497 e. The summed E-state index contributed by atoms with van der Waals surface area (Å²) in [6.45, 7) is 3.01. The fraction of sp³-hybridized carbons (Fsp3) is 0.667. The highest BCUT2D eigenvalue weighted by Crippen LogP contribution is 2.29. The molecule has 0 bridgehead atoms. The van der Waals surface area contributed by atoms with Gasteiger partial charge in [0.05, 0.1) is 19.8 Å². The van der Waals surface area contributed by atoms with Crippen LogP contribution in [0.1, 0.15) is 44.6 Å². The Balaban J connectivity index is 1.95. The number of nitrogens with one attached hydrogen (secondary N) is 1. The van der Waals surface area contributed by atoms with Crippen molar-refractivity contribution in [3.05, 3.63) is 23.8 Å². The van der Waals surface area contributed by atoms with Crippen molar-refractivity contribution in [2.75, 3.05) is 20.8 Å². The second-order valence-corrected chi connectivity index (χ2v) is 6.53. The van der Waals surface area contributed by atoms with E-state index in [1.165, 1.54) is 19.3 Å². The van der Waals surface area contributed by atoms with Crippen molar-refractivity contribution in [1.82, 2.24) is 5.32 Å². The zero-order valence-corrected chi connectivity index (χ0v) is 14.0. The third-order valence-corrected chi connectivity index (χ3v) is 4.52. The number of ether oxygens (including phenoxy) is 2. The van der Waals surface area contributed by atoms with Gasteiger partial charge < -0.3 is 19.9 Å². The number of piperidine rings is 1. The molecule has 0 aromatic heterocycles. The second-order valence-electron chi connectivity index (χ2n) is 6.53. The molecule has 2 N–H and O–H groups in total. The molecule has 0 aliphatic carbocycles. The first-order valence-corrected chi connectivity index (χ1v) is 8.21. The van der Waals surface area contributed by atoms with Crippen LogP contribution >= 0.6 is 0 Å². The van der Waals surface area contributed by atoms with Crippen LogP contribution in [0.2, 0.25) is 0 Å². The van der Waals surface area contributed by atoms with Crippen molar-refractivity contribution in [1.29, 1.82) is 0 Å². The molecule has 4 heteroatoms. The van der Waals surface area contributed by atoms with Crippen LogP contribution in [0.5, 0.6) is 11.5 Å². The SMILES string of the molecule is COc1ccc(OC)c(CCC(C)(O)CC2CCCCN2)c1. The molecule has 0 amide bonds. The first-order chi connectivity index (χ1) is 10.5. The molecule has 1 saturated heterocycles. The second kappa shape index (κ2) is 7.84. The van der Waals surface area contributed by atoms with Crippen molar-refractivity contribution in [3.63, 3.8) is 0 Å². The lowest BCUT2D eigenvalue weighted by molar-refractivity contribution is 0.0286. The fourth-order valence-electron chi connectivity index (χ4n) is 3.21. The van der Waals surface area contributed by atoms with Gasteiger partial charge in [-0.2, -0.15) is 0 Å². The minimum atomic E-state index is -0.664. The van der Waals surface area contributed by atoms with Gasteiger partial charge in [0.2, 0.25) is 0 Å². The molecule has 4 nitrogen and oxygen atoms in total. The number of benzene rings is 1. The lowest BCUT2D eigenvalue weighted by atomic mass is 9.87. The molecule has 0 saturated carbocycles. The van der Waals surface area contributed by atoms with E-state index in [1.807, 2.05) is 25.1 Å². The summed E-state index contributed by atoms with van der Waals surface area (Å²) in [6.07, 6.45) is 5.98. The minimum Gasteiger partial charge on any atom is -0.497 e. The molecule has 22 heavy (non-hydrogen) atoms. The van der Waals surface area contributed by atoms with E-state index in [9.17, 15) is 5.11 Å². The number of hydrogen-bond acceptors (Lipinski definition) is 4. The minimum absolute atomic E-state index is 0.441. The van der Waals surface area contributed by atoms with Crippen molar-refractivity contribution >= 4 is 0 Å². The number of hydrogen-bond donors (Lipinski definition) is 2. The third kappa shape index (κ3) is 4.89. The molecule has 1 aliphatic rings. The van der Waals surface area contributed by atoms with E-state index in [0.29, 0.717) is 12.5 Å². The summed E-state index contributed by atoms with van der Waals surface area (Å²) in [4.78, 5) is 0. The first-order valence-electron chi connectivity index (χ1n) is 8.21. The van der Waals surface area contributed by atoms with Gasteiger partial charge in [-0.15, -0.1) is 0 Å². The summed E-state index contributed by atoms with van der Waals surface area (Å²) < 4.78 is 10.7. The maximum Gasteiger partial charge on any atom is 0.122 e. The van der Waals surface area contributed by atoms with Gasteiger partial charge in [-0.05, 0) is 69.3 Å². The summed E-state index contributed by atoms with van der Waals surface area (Å²) in [7, 11) is 3.34. The van der Waals surface area contributed by atoms with Gasteiger partial charge in [-0.1, -0.05) is 6.42 Å². The van der Waals surface area contributed by atoms with E-state index < -0.39 is 5.60 Å². The Morgan fingerprint density at radius 1 is 1.27 bits per heavy atom. The third-order valence-electron chi connectivity index (χ3n) is 4.52. The summed E-state index contributed by atoms with van der Waals surface area (Å²) >= 11 is 0. The Kier molecular flexibility index (Phi) is 6.09. The van der Waals surface area contributed by atoms with E-state index in [-0.39, 0.29) is 0 Å². The van der Waals surface area contributed by atoms with E-state index in [4.69, 9.17) is 9.47 Å². The molecule has 2 atom stereocenters. The van der Waals surface area contributed by atoms with E-state index in [1.54, 1.807) is 14.2 Å². The number of rotatable bonds is 7. The Morgan fingerprint density at radius 3 is 2.73 bits per heavy atom. The molecule has 2 rings (SSSR count). The van der Waals surface area contributed by atoms with Gasteiger partial charge in [-0.25, -0.2) is 0 Å². The Morgan fingerprint density at radius 2 is 2.09 bits per heavy atom. The quantitative estimate of drug-likeness (QED) is 0.813. The van der Waals surface area contributed by atoms with Gasteiger partial charge in [0.15, 0.2) is 0 Å². The van der Waals surface area contributed by atoms with Crippen molar-refractivity contribution in [2.24, 2.45) is 0 Å². The summed E-state index contributed by atoms with van der Waals surface area (Å²) in [5.41, 5.74) is 0.419. The highest BCUT2D eigenvalue weighted by Gasteiger charge is 2.26. The molecule has 124 valence electrons. The predicted octanol–water partition coefficient (Wildman–Crippen LogP) is 2.92.